The molecular weight excluding hydrogens is 636 g/mol. The molecule has 0 bridgehead atoms. The summed E-state index contributed by atoms with van der Waals surface area (Å²) >= 11 is 0. The van der Waals surface area contributed by atoms with Gasteiger partial charge in [-0.05, 0) is 38.5 Å². The highest BCUT2D eigenvalue weighted by atomic mass is 16.6. The number of hydrogen-bond donors (Lipinski definition) is 0. The third-order valence-electron chi connectivity index (χ3n) is 8.83. The fraction of sp³-hybridized carbons (Fsp3) is 0.878. The van der Waals surface area contributed by atoms with Crippen LogP contribution < -0.4 is 0 Å². The molecule has 0 saturated heterocycles. The zero-order valence-electron chi connectivity index (χ0n) is 32.2. The molecule has 0 atom stereocenters. The largest absolute Gasteiger partial charge is 0.466 e. The Bertz CT molecular complexity index is 776. The first-order chi connectivity index (χ1) is 24.4. The lowest BCUT2D eigenvalue weighted by atomic mass is 10.1. The first-order valence-electron chi connectivity index (χ1n) is 20.5. The molecule has 292 valence electrons. The average molecular weight is 711 g/mol. The van der Waals surface area contributed by atoms with Gasteiger partial charge in [0.25, 0.3) is 0 Å². The predicted octanol–water partition coefficient (Wildman–Crippen LogP) is 10.5. The van der Waals surface area contributed by atoms with Gasteiger partial charge in [0.2, 0.25) is 5.78 Å². The molecule has 0 fully saturated rings. The molecule has 0 N–H and O–H groups in total. The molecule has 0 aromatic rings. The maximum absolute atomic E-state index is 11.9. The van der Waals surface area contributed by atoms with Crippen molar-refractivity contribution in [3.05, 3.63) is 0 Å². The highest BCUT2D eigenvalue weighted by Gasteiger charge is 2.11. The number of carbonyl (C=O) groups excluding carboxylic acids is 5. The summed E-state index contributed by atoms with van der Waals surface area (Å²) in [6.07, 6.45) is 29.1. The van der Waals surface area contributed by atoms with Gasteiger partial charge in [-0.25, -0.2) is 0 Å². The maximum Gasteiger partial charge on any atom is 0.306 e. The van der Waals surface area contributed by atoms with Gasteiger partial charge in [-0.1, -0.05) is 142 Å². The van der Waals surface area contributed by atoms with Gasteiger partial charge in [0.15, 0.2) is 13.2 Å². The molecule has 0 aromatic heterocycles. The summed E-state index contributed by atoms with van der Waals surface area (Å²) in [7, 11) is 0. The van der Waals surface area contributed by atoms with Crippen LogP contribution in [0.3, 0.4) is 0 Å². The van der Waals surface area contributed by atoms with Crippen molar-refractivity contribution in [2.45, 2.75) is 206 Å². The molecule has 0 spiro atoms. The van der Waals surface area contributed by atoms with Crippen LogP contribution in [0.4, 0.5) is 0 Å². The Hall–Kier alpha value is -2.45. The fourth-order valence-corrected chi connectivity index (χ4v) is 5.63. The molecule has 0 amide bonds. The molecule has 0 rings (SSSR count). The molecular formula is C41H74O9. The summed E-state index contributed by atoms with van der Waals surface area (Å²) < 4.78 is 20.7. The Morgan fingerprint density at radius 2 is 0.540 bits per heavy atom. The molecule has 0 aliphatic heterocycles. The Morgan fingerprint density at radius 1 is 0.300 bits per heavy atom. The normalized spacial score (nSPS) is 10.9. The van der Waals surface area contributed by atoms with Crippen molar-refractivity contribution >= 4 is 29.7 Å². The van der Waals surface area contributed by atoms with Gasteiger partial charge in [0, 0.05) is 25.7 Å². The van der Waals surface area contributed by atoms with Crippen molar-refractivity contribution in [3.63, 3.8) is 0 Å². The third kappa shape index (κ3) is 36.8. The number of carbonyl (C=O) groups is 5. The van der Waals surface area contributed by atoms with Crippen molar-refractivity contribution in [1.82, 2.24) is 0 Å². The SMILES string of the molecule is CCCCCCCCCCOC(=O)CCCCCCCC(=O)OCC(=O)COC(=O)CCCCCCCC(=O)OCCCCCCCCCC. The summed E-state index contributed by atoms with van der Waals surface area (Å²) in [5.74, 6) is -1.58. The smallest absolute Gasteiger partial charge is 0.306 e. The third-order valence-corrected chi connectivity index (χ3v) is 8.83. The van der Waals surface area contributed by atoms with E-state index in [9.17, 15) is 24.0 Å². The minimum atomic E-state index is -0.449. The second kappa shape index (κ2) is 37.8. The summed E-state index contributed by atoms with van der Waals surface area (Å²) in [6.45, 7) is 4.69. The van der Waals surface area contributed by atoms with Gasteiger partial charge in [-0.15, -0.1) is 0 Å². The van der Waals surface area contributed by atoms with Gasteiger partial charge < -0.3 is 18.9 Å². The number of ketones is 1. The molecule has 0 aromatic carbocycles. The molecule has 0 saturated carbocycles. The van der Waals surface area contributed by atoms with Crippen molar-refractivity contribution in [1.29, 1.82) is 0 Å². The minimum absolute atomic E-state index is 0.127. The molecule has 0 aliphatic carbocycles. The van der Waals surface area contributed by atoms with Gasteiger partial charge in [-0.3, -0.25) is 24.0 Å². The second-order valence-electron chi connectivity index (χ2n) is 13.8. The van der Waals surface area contributed by atoms with Crippen LogP contribution in [0.25, 0.3) is 0 Å². The lowest BCUT2D eigenvalue weighted by Gasteiger charge is -2.07. The Kier molecular flexibility index (Phi) is 35.9. The van der Waals surface area contributed by atoms with Crippen molar-refractivity contribution in [3.8, 4) is 0 Å². The lowest BCUT2D eigenvalue weighted by molar-refractivity contribution is -0.153. The number of hydrogen-bond acceptors (Lipinski definition) is 9. The van der Waals surface area contributed by atoms with Crippen LogP contribution in [0.2, 0.25) is 0 Å². The van der Waals surface area contributed by atoms with Gasteiger partial charge in [-0.2, -0.15) is 0 Å². The number of ether oxygens (including phenoxy) is 4. The lowest BCUT2D eigenvalue weighted by Crippen LogP contribution is -2.20. The molecule has 50 heavy (non-hydrogen) atoms. The van der Waals surface area contributed by atoms with E-state index in [1.165, 1.54) is 77.0 Å². The number of esters is 4. The van der Waals surface area contributed by atoms with E-state index >= 15 is 0 Å². The van der Waals surface area contributed by atoms with Crippen LogP contribution in [0.1, 0.15) is 206 Å². The fourth-order valence-electron chi connectivity index (χ4n) is 5.63. The topological polar surface area (TPSA) is 122 Å². The first-order valence-corrected chi connectivity index (χ1v) is 20.5. The first kappa shape index (κ1) is 47.5. The molecule has 0 aliphatic rings. The Balaban J connectivity index is 3.51. The summed E-state index contributed by atoms with van der Waals surface area (Å²) in [5.41, 5.74) is 0. The summed E-state index contributed by atoms with van der Waals surface area (Å²) in [4.78, 5) is 59.5. The Labute approximate surface area is 305 Å². The maximum atomic E-state index is 11.9. The zero-order chi connectivity index (χ0) is 36.8. The standard InChI is InChI=1S/C41H74O9/c1-3-5-7-9-11-13-21-27-33-47-38(43)29-23-17-15-19-25-31-40(45)49-35-37(42)36-50-41(46)32-26-20-16-18-24-30-39(44)48-34-28-22-14-12-10-8-6-4-2/h3-36H2,1-2H3. The average Bonchev–Trinajstić information content (AvgIpc) is 3.10. The molecule has 0 unspecified atom stereocenters. The quantitative estimate of drug-likeness (QED) is 0.0350. The zero-order valence-corrected chi connectivity index (χ0v) is 32.2. The van der Waals surface area contributed by atoms with Crippen LogP contribution >= 0.6 is 0 Å². The van der Waals surface area contributed by atoms with E-state index < -0.39 is 30.9 Å². The van der Waals surface area contributed by atoms with Crippen LogP contribution in [0.5, 0.6) is 0 Å². The van der Waals surface area contributed by atoms with Gasteiger partial charge in [0.05, 0.1) is 13.2 Å². The van der Waals surface area contributed by atoms with Crippen LogP contribution in [-0.2, 0) is 42.9 Å². The van der Waals surface area contributed by atoms with E-state index in [1.54, 1.807) is 0 Å². The van der Waals surface area contributed by atoms with Gasteiger partial charge >= 0.3 is 23.9 Å². The Morgan fingerprint density at radius 3 is 0.840 bits per heavy atom. The van der Waals surface area contributed by atoms with Crippen molar-refractivity contribution in [2.24, 2.45) is 0 Å². The highest BCUT2D eigenvalue weighted by Crippen LogP contribution is 2.12. The van der Waals surface area contributed by atoms with E-state index in [4.69, 9.17) is 18.9 Å². The number of Topliss-reactive ketones (excluding diaryl/α,β-unsaturated/α-hetero) is 1. The highest BCUT2D eigenvalue weighted by molar-refractivity contribution is 5.85. The summed E-state index contributed by atoms with van der Waals surface area (Å²) in [6, 6.07) is 0. The molecule has 0 heterocycles. The van der Waals surface area contributed by atoms with Crippen LogP contribution in [-0.4, -0.2) is 56.1 Å². The van der Waals surface area contributed by atoms with Gasteiger partial charge in [0.1, 0.15) is 0 Å². The van der Waals surface area contributed by atoms with E-state index in [0.29, 0.717) is 38.9 Å². The summed E-state index contributed by atoms with van der Waals surface area (Å²) in [5, 5.41) is 0. The molecule has 9 heteroatoms. The molecule has 9 nitrogen and oxygen atoms in total. The number of unbranched alkanes of at least 4 members (excludes halogenated alkanes) is 22. The predicted molar refractivity (Wildman–Crippen MR) is 199 cm³/mol. The van der Waals surface area contributed by atoms with Crippen LogP contribution in [0, 0.1) is 0 Å². The van der Waals surface area contributed by atoms with Crippen LogP contribution in [0.15, 0.2) is 0 Å². The second-order valence-corrected chi connectivity index (χ2v) is 13.8. The monoisotopic (exact) mass is 711 g/mol. The van der Waals surface area contributed by atoms with E-state index in [0.717, 1.165) is 77.0 Å². The number of rotatable bonds is 38. The minimum Gasteiger partial charge on any atom is -0.466 e. The van der Waals surface area contributed by atoms with E-state index in [-0.39, 0.29) is 24.8 Å². The van der Waals surface area contributed by atoms with Crippen molar-refractivity contribution < 1.29 is 42.9 Å². The molecule has 0 radical (unpaired) electrons. The van der Waals surface area contributed by atoms with Crippen molar-refractivity contribution in [2.75, 3.05) is 26.4 Å². The van der Waals surface area contributed by atoms with E-state index in [2.05, 4.69) is 13.8 Å². The van der Waals surface area contributed by atoms with E-state index in [1.807, 2.05) is 0 Å².